The second kappa shape index (κ2) is 4.98. The van der Waals surface area contributed by atoms with Gasteiger partial charge in [-0.05, 0) is 37.5 Å². The molecule has 0 unspecified atom stereocenters. The van der Waals surface area contributed by atoms with E-state index in [1.165, 1.54) is 0 Å². The summed E-state index contributed by atoms with van der Waals surface area (Å²) in [4.78, 5) is 37.8. The minimum absolute atomic E-state index is 0.0151. The summed E-state index contributed by atoms with van der Waals surface area (Å²) >= 11 is 0. The second-order valence-electron chi connectivity index (χ2n) is 7.65. The predicted molar refractivity (Wildman–Crippen MR) is 95.0 cm³/mol. The Morgan fingerprint density at radius 3 is 2.46 bits per heavy atom. The molecule has 3 aliphatic carbocycles. The lowest BCUT2D eigenvalue weighted by Gasteiger charge is -2.47. The molecule has 1 aliphatic heterocycles. The minimum atomic E-state index is -1.41. The van der Waals surface area contributed by atoms with Crippen LogP contribution in [0.2, 0.25) is 0 Å². The summed E-state index contributed by atoms with van der Waals surface area (Å²) in [6.45, 7) is 2.08. The molecule has 1 spiro atoms. The molecule has 4 heteroatoms. The van der Waals surface area contributed by atoms with Crippen LogP contribution in [0.3, 0.4) is 0 Å². The Morgan fingerprint density at radius 1 is 1.08 bits per heavy atom. The van der Waals surface area contributed by atoms with Gasteiger partial charge in [0, 0.05) is 23.0 Å². The fourth-order valence-electron chi connectivity index (χ4n) is 4.84. The quantitative estimate of drug-likeness (QED) is 0.534. The van der Waals surface area contributed by atoms with E-state index in [4.69, 9.17) is 4.74 Å². The average molecular weight is 346 g/mol. The van der Waals surface area contributed by atoms with Crippen LogP contribution in [0.15, 0.2) is 59.7 Å². The molecule has 1 saturated carbocycles. The largest absolute Gasteiger partial charge is 0.351 e. The monoisotopic (exact) mass is 346 g/mol. The first-order valence-electron chi connectivity index (χ1n) is 8.97. The number of Topliss-reactive ketones (excluding diaryl/α,β-unsaturated/α-hetero) is 2. The molecule has 130 valence electrons. The van der Waals surface area contributed by atoms with E-state index in [9.17, 15) is 14.4 Å². The SMILES string of the molecule is C[C@]12C=CC(=O)C=C1CC[C@@H]1OC3(CC=C12)C(=O)c1ccccc1C3=O. The molecule has 1 fully saturated rings. The molecule has 0 amide bonds. The summed E-state index contributed by atoms with van der Waals surface area (Å²) in [7, 11) is 0. The Morgan fingerprint density at radius 2 is 1.77 bits per heavy atom. The molecule has 0 saturated heterocycles. The summed E-state index contributed by atoms with van der Waals surface area (Å²) < 4.78 is 6.27. The lowest BCUT2D eigenvalue weighted by molar-refractivity contribution is -0.110. The summed E-state index contributed by atoms with van der Waals surface area (Å²) in [5.74, 6) is -0.440. The highest BCUT2D eigenvalue weighted by Crippen LogP contribution is 2.52. The summed E-state index contributed by atoms with van der Waals surface area (Å²) in [6, 6.07) is 6.95. The van der Waals surface area contributed by atoms with E-state index < -0.39 is 5.60 Å². The highest BCUT2D eigenvalue weighted by atomic mass is 16.5. The van der Waals surface area contributed by atoms with Crippen molar-refractivity contribution in [1.82, 2.24) is 0 Å². The van der Waals surface area contributed by atoms with Crippen molar-refractivity contribution in [2.24, 2.45) is 5.41 Å². The number of hydrogen-bond acceptors (Lipinski definition) is 4. The van der Waals surface area contributed by atoms with Gasteiger partial charge in [-0.2, -0.15) is 0 Å². The van der Waals surface area contributed by atoms with Crippen molar-refractivity contribution >= 4 is 17.3 Å². The number of carbonyl (C=O) groups is 3. The van der Waals surface area contributed by atoms with Crippen molar-refractivity contribution in [2.75, 3.05) is 0 Å². The van der Waals surface area contributed by atoms with Gasteiger partial charge in [0.15, 0.2) is 11.4 Å². The topological polar surface area (TPSA) is 60.4 Å². The molecule has 1 heterocycles. The van der Waals surface area contributed by atoms with Crippen molar-refractivity contribution < 1.29 is 19.1 Å². The summed E-state index contributed by atoms with van der Waals surface area (Å²) in [5, 5.41) is 0. The molecular formula is C22H18O4. The van der Waals surface area contributed by atoms with E-state index in [0.717, 1.165) is 17.6 Å². The first-order chi connectivity index (χ1) is 12.5. The van der Waals surface area contributed by atoms with Gasteiger partial charge in [-0.3, -0.25) is 14.4 Å². The van der Waals surface area contributed by atoms with Crippen LogP contribution in [-0.2, 0) is 9.53 Å². The molecule has 0 radical (unpaired) electrons. The third kappa shape index (κ3) is 1.80. The number of allylic oxidation sites excluding steroid dienone is 4. The van der Waals surface area contributed by atoms with Gasteiger partial charge in [-0.25, -0.2) is 0 Å². The van der Waals surface area contributed by atoms with E-state index >= 15 is 0 Å². The molecular weight excluding hydrogens is 328 g/mol. The van der Waals surface area contributed by atoms with Crippen LogP contribution in [-0.4, -0.2) is 29.1 Å². The van der Waals surface area contributed by atoms with Crippen LogP contribution in [0.25, 0.3) is 0 Å². The van der Waals surface area contributed by atoms with Gasteiger partial charge in [0.1, 0.15) is 0 Å². The van der Waals surface area contributed by atoms with E-state index in [2.05, 4.69) is 6.92 Å². The first-order valence-corrected chi connectivity index (χ1v) is 8.97. The molecule has 1 aromatic rings. The number of ketones is 3. The van der Waals surface area contributed by atoms with Crippen molar-refractivity contribution in [3.05, 3.63) is 70.8 Å². The third-order valence-electron chi connectivity index (χ3n) is 6.29. The Balaban J connectivity index is 1.58. The van der Waals surface area contributed by atoms with E-state index in [1.807, 2.05) is 12.2 Å². The predicted octanol–water partition coefficient (Wildman–Crippen LogP) is 3.39. The van der Waals surface area contributed by atoms with Crippen LogP contribution in [0.4, 0.5) is 0 Å². The molecule has 26 heavy (non-hydrogen) atoms. The lowest BCUT2D eigenvalue weighted by Crippen LogP contribution is -2.52. The van der Waals surface area contributed by atoms with Crippen molar-refractivity contribution in [3.8, 4) is 0 Å². The van der Waals surface area contributed by atoms with Crippen molar-refractivity contribution in [1.29, 1.82) is 0 Å². The maximum atomic E-state index is 13.0. The van der Waals surface area contributed by atoms with Crippen LogP contribution < -0.4 is 0 Å². The van der Waals surface area contributed by atoms with Gasteiger partial charge in [0.2, 0.25) is 11.6 Å². The molecule has 4 aliphatic rings. The molecule has 1 aromatic carbocycles. The number of hydrogen-bond donors (Lipinski definition) is 0. The third-order valence-corrected chi connectivity index (χ3v) is 6.29. The molecule has 0 N–H and O–H groups in total. The Hall–Kier alpha value is -2.59. The number of fused-ring (bicyclic) bond motifs is 4. The fraction of sp³-hybridized carbons (Fsp3) is 0.318. The maximum Gasteiger partial charge on any atom is 0.203 e. The lowest BCUT2D eigenvalue weighted by atomic mass is 9.63. The Labute approximate surface area is 151 Å². The minimum Gasteiger partial charge on any atom is -0.351 e. The molecule has 4 nitrogen and oxygen atoms in total. The van der Waals surface area contributed by atoms with Crippen LogP contribution in [0.1, 0.15) is 46.9 Å². The van der Waals surface area contributed by atoms with E-state index in [0.29, 0.717) is 17.5 Å². The zero-order valence-electron chi connectivity index (χ0n) is 14.5. The van der Waals surface area contributed by atoms with Crippen LogP contribution in [0, 0.1) is 5.41 Å². The molecule has 2 atom stereocenters. The van der Waals surface area contributed by atoms with E-state index in [-0.39, 0.29) is 35.3 Å². The fourth-order valence-corrected chi connectivity index (χ4v) is 4.84. The summed E-state index contributed by atoms with van der Waals surface area (Å²) in [5.41, 5.74) is 1.28. The van der Waals surface area contributed by atoms with Crippen LogP contribution >= 0.6 is 0 Å². The van der Waals surface area contributed by atoms with Crippen molar-refractivity contribution in [2.45, 2.75) is 37.9 Å². The first kappa shape index (κ1) is 15.6. The second-order valence-corrected chi connectivity index (χ2v) is 7.65. The van der Waals surface area contributed by atoms with Gasteiger partial charge in [0.05, 0.1) is 6.10 Å². The molecule has 0 aromatic heterocycles. The van der Waals surface area contributed by atoms with Crippen molar-refractivity contribution in [3.63, 3.8) is 0 Å². The summed E-state index contributed by atoms with van der Waals surface area (Å²) in [6.07, 6.45) is 8.59. The normalized spacial score (nSPS) is 31.3. The average Bonchev–Trinajstić information content (AvgIpc) is 2.85. The Bertz CT molecular complexity index is 943. The number of ether oxygens (including phenoxy) is 1. The standard InChI is InChI=1S/C22H18O4/c1-21-10-8-14(23)12-13(21)6-7-18-17(21)9-11-22(26-18)19(24)15-4-2-3-5-16(15)20(22)25/h2-5,8-10,12,18H,6-7,11H2,1H3/t18-,21-/m0/s1. The maximum absolute atomic E-state index is 13.0. The number of rotatable bonds is 0. The van der Waals surface area contributed by atoms with Gasteiger partial charge >= 0.3 is 0 Å². The van der Waals surface area contributed by atoms with Gasteiger partial charge in [-0.15, -0.1) is 0 Å². The highest BCUT2D eigenvalue weighted by Gasteiger charge is 2.58. The van der Waals surface area contributed by atoms with Crippen LogP contribution in [0.5, 0.6) is 0 Å². The molecule has 0 bridgehead atoms. The Kier molecular flexibility index (Phi) is 3.00. The smallest absolute Gasteiger partial charge is 0.203 e. The molecule has 5 rings (SSSR count). The van der Waals surface area contributed by atoms with Gasteiger partial charge < -0.3 is 4.74 Å². The number of benzene rings is 1. The highest BCUT2D eigenvalue weighted by molar-refractivity contribution is 6.32. The zero-order valence-corrected chi connectivity index (χ0v) is 14.5. The van der Waals surface area contributed by atoms with Gasteiger partial charge in [-0.1, -0.05) is 42.0 Å². The van der Waals surface area contributed by atoms with E-state index in [1.54, 1.807) is 36.4 Å². The number of carbonyl (C=O) groups excluding carboxylic acids is 3. The zero-order chi connectivity index (χ0) is 18.1. The van der Waals surface area contributed by atoms with Gasteiger partial charge in [0.25, 0.3) is 0 Å².